The lowest BCUT2D eigenvalue weighted by molar-refractivity contribution is 0.104. The summed E-state index contributed by atoms with van der Waals surface area (Å²) in [7, 11) is 0. The zero-order valence-electron chi connectivity index (χ0n) is 18.6. The van der Waals surface area contributed by atoms with Gasteiger partial charge in [0.05, 0.1) is 5.56 Å². The van der Waals surface area contributed by atoms with Gasteiger partial charge in [-0.15, -0.1) is 0 Å². The van der Waals surface area contributed by atoms with E-state index < -0.39 is 0 Å². The number of rotatable bonds is 5. The Balaban J connectivity index is 1.68. The van der Waals surface area contributed by atoms with Crippen LogP contribution in [0.25, 0.3) is 16.8 Å². The third-order valence-corrected chi connectivity index (χ3v) is 6.50. The van der Waals surface area contributed by atoms with Gasteiger partial charge in [0, 0.05) is 16.8 Å². The van der Waals surface area contributed by atoms with Crippen LogP contribution in [-0.4, -0.2) is 12.6 Å². The Morgan fingerprint density at radius 1 is 0.559 bits per heavy atom. The first-order valence-corrected chi connectivity index (χ1v) is 11.5. The molecule has 0 saturated heterocycles. The molecule has 0 aromatic heterocycles. The molecule has 0 aliphatic heterocycles. The quantitative estimate of drug-likeness (QED) is 0.316. The summed E-state index contributed by atoms with van der Waals surface area (Å²) in [5.41, 5.74) is 6.12. The third-order valence-electron chi connectivity index (χ3n) is 6.50. The van der Waals surface area contributed by atoms with Gasteiger partial charge in [0.1, 0.15) is 0 Å². The second-order valence-electron chi connectivity index (χ2n) is 8.53. The highest BCUT2D eigenvalue weighted by Gasteiger charge is 2.32. The molecule has 0 unspecified atom stereocenters. The van der Waals surface area contributed by atoms with Crippen molar-refractivity contribution in [2.24, 2.45) is 0 Å². The van der Waals surface area contributed by atoms with Gasteiger partial charge in [0.2, 0.25) is 0 Å². The predicted octanol–water partition coefficient (Wildman–Crippen LogP) is 5.99. The van der Waals surface area contributed by atoms with Crippen LogP contribution in [0.2, 0.25) is 0 Å². The van der Waals surface area contributed by atoms with Crippen molar-refractivity contribution in [1.29, 1.82) is 0 Å². The second kappa shape index (κ2) is 8.53. The van der Waals surface area contributed by atoms with E-state index in [1.165, 1.54) is 0 Å². The first kappa shape index (κ1) is 20.3. The Bertz CT molecular complexity index is 1470. The van der Waals surface area contributed by atoms with Crippen molar-refractivity contribution in [2.75, 3.05) is 4.81 Å². The Morgan fingerprint density at radius 2 is 1.18 bits per heavy atom. The third kappa shape index (κ3) is 3.43. The molecule has 3 heteroatoms. The molecule has 1 aliphatic rings. The maximum absolute atomic E-state index is 13.4. The maximum Gasteiger partial charge on any atom is 0.328 e. The average molecular weight is 435 g/mol. The van der Waals surface area contributed by atoms with Crippen LogP contribution in [0.5, 0.6) is 0 Å². The molecule has 34 heavy (non-hydrogen) atoms. The molecular formula is C31H22BNO. The Labute approximate surface area is 199 Å². The molecule has 1 aliphatic carbocycles. The van der Waals surface area contributed by atoms with Crippen molar-refractivity contribution in [3.8, 4) is 0 Å². The van der Waals surface area contributed by atoms with Gasteiger partial charge in [-0.3, -0.25) is 4.79 Å². The number of carbonyl (C=O) groups excluding carboxylic acids is 1. The van der Waals surface area contributed by atoms with Crippen molar-refractivity contribution >= 4 is 51.8 Å². The Morgan fingerprint density at radius 3 is 1.82 bits per heavy atom. The number of hydrogen-bond donors (Lipinski definition) is 0. The summed E-state index contributed by atoms with van der Waals surface area (Å²) in [6.07, 6.45) is 3.63. The molecule has 0 bridgehead atoms. The van der Waals surface area contributed by atoms with Gasteiger partial charge in [0.15, 0.2) is 5.78 Å². The fourth-order valence-corrected chi connectivity index (χ4v) is 5.01. The van der Waals surface area contributed by atoms with E-state index in [4.69, 9.17) is 0 Å². The van der Waals surface area contributed by atoms with Crippen LogP contribution in [0.15, 0.2) is 127 Å². The lowest BCUT2D eigenvalue weighted by atomic mass is 9.48. The fourth-order valence-electron chi connectivity index (χ4n) is 5.01. The number of anilines is 2. The van der Waals surface area contributed by atoms with E-state index in [1.54, 1.807) is 6.08 Å². The van der Waals surface area contributed by atoms with Gasteiger partial charge in [0.25, 0.3) is 0 Å². The SMILES string of the molecule is O=C1C=Cc2cccc3ccc(N(B(c4ccccc4)c4ccccc4)c4ccccc4)c1c23. The molecule has 0 amide bonds. The van der Waals surface area contributed by atoms with Gasteiger partial charge in [-0.05, 0) is 35.2 Å². The molecule has 0 atom stereocenters. The molecule has 6 rings (SSSR count). The standard InChI is InChI=1S/C31H22BNO/c34-29-22-20-24-12-10-11-23-19-21-28(31(29)30(23)24)33(27-17-8-3-9-18-27)32(25-13-4-1-5-14-25)26-15-6-2-7-16-26/h1-22H. The topological polar surface area (TPSA) is 20.3 Å². The normalized spacial score (nSPS) is 12.1. The van der Waals surface area contributed by atoms with Crippen LogP contribution >= 0.6 is 0 Å². The maximum atomic E-state index is 13.4. The molecular weight excluding hydrogens is 413 g/mol. The lowest BCUT2D eigenvalue weighted by Gasteiger charge is -2.34. The van der Waals surface area contributed by atoms with Crippen molar-refractivity contribution in [3.05, 3.63) is 139 Å². The van der Waals surface area contributed by atoms with E-state index in [-0.39, 0.29) is 12.6 Å². The predicted molar refractivity (Wildman–Crippen MR) is 144 cm³/mol. The minimum atomic E-state index is -0.107. The summed E-state index contributed by atoms with van der Waals surface area (Å²) in [6, 6.07) is 41.8. The number of hydrogen-bond acceptors (Lipinski definition) is 2. The molecule has 0 radical (unpaired) electrons. The zero-order valence-corrected chi connectivity index (χ0v) is 18.6. The number of para-hydroxylation sites is 1. The number of carbonyl (C=O) groups is 1. The van der Waals surface area contributed by atoms with Crippen LogP contribution in [0.1, 0.15) is 15.9 Å². The average Bonchev–Trinajstić information content (AvgIpc) is 2.91. The van der Waals surface area contributed by atoms with E-state index in [1.807, 2.05) is 30.3 Å². The summed E-state index contributed by atoms with van der Waals surface area (Å²) in [6.45, 7) is -0.107. The van der Waals surface area contributed by atoms with E-state index in [0.717, 1.165) is 44.2 Å². The molecule has 0 N–H and O–H groups in total. The summed E-state index contributed by atoms with van der Waals surface area (Å²) in [5.74, 6) is 0.0418. The monoisotopic (exact) mass is 435 g/mol. The molecule has 5 aromatic carbocycles. The highest BCUT2D eigenvalue weighted by molar-refractivity contribution is 6.89. The Hall–Kier alpha value is -4.37. The van der Waals surface area contributed by atoms with Crippen molar-refractivity contribution in [3.63, 3.8) is 0 Å². The molecule has 160 valence electrons. The van der Waals surface area contributed by atoms with Crippen molar-refractivity contribution < 1.29 is 4.79 Å². The van der Waals surface area contributed by atoms with Gasteiger partial charge >= 0.3 is 6.85 Å². The summed E-state index contributed by atoms with van der Waals surface area (Å²) >= 11 is 0. The second-order valence-corrected chi connectivity index (χ2v) is 8.53. The Kier molecular flexibility index (Phi) is 5.08. The molecule has 5 aromatic rings. The van der Waals surface area contributed by atoms with Crippen LogP contribution in [0.4, 0.5) is 11.4 Å². The van der Waals surface area contributed by atoms with E-state index >= 15 is 0 Å². The van der Waals surface area contributed by atoms with Crippen molar-refractivity contribution in [2.45, 2.75) is 0 Å². The van der Waals surface area contributed by atoms with Gasteiger partial charge < -0.3 is 4.81 Å². The van der Waals surface area contributed by atoms with E-state index in [9.17, 15) is 4.79 Å². The summed E-state index contributed by atoms with van der Waals surface area (Å²) < 4.78 is 0. The van der Waals surface area contributed by atoms with Gasteiger partial charge in [-0.25, -0.2) is 0 Å². The fraction of sp³-hybridized carbons (Fsp3) is 0. The number of benzene rings is 5. The number of ketones is 1. The van der Waals surface area contributed by atoms with Crippen LogP contribution < -0.4 is 15.7 Å². The number of nitrogens with zero attached hydrogens (tertiary/aromatic N) is 1. The molecule has 0 fully saturated rings. The van der Waals surface area contributed by atoms with Gasteiger partial charge in [-0.2, -0.15) is 0 Å². The molecule has 0 spiro atoms. The first-order chi connectivity index (χ1) is 16.8. The van der Waals surface area contributed by atoms with E-state index in [2.05, 4.69) is 102 Å². The van der Waals surface area contributed by atoms with Crippen LogP contribution in [-0.2, 0) is 0 Å². The van der Waals surface area contributed by atoms with Crippen LogP contribution in [0, 0.1) is 0 Å². The highest BCUT2D eigenvalue weighted by atomic mass is 16.1. The highest BCUT2D eigenvalue weighted by Crippen LogP contribution is 2.38. The molecule has 0 saturated carbocycles. The smallest absolute Gasteiger partial charge is 0.328 e. The van der Waals surface area contributed by atoms with Crippen LogP contribution in [0.3, 0.4) is 0 Å². The van der Waals surface area contributed by atoms with Gasteiger partial charge in [-0.1, -0.05) is 120 Å². The summed E-state index contributed by atoms with van der Waals surface area (Å²) in [4.78, 5) is 15.7. The largest absolute Gasteiger partial charge is 0.376 e. The minimum Gasteiger partial charge on any atom is -0.376 e. The van der Waals surface area contributed by atoms with Crippen molar-refractivity contribution in [1.82, 2.24) is 0 Å². The number of allylic oxidation sites excluding steroid dienone is 1. The summed E-state index contributed by atoms with van der Waals surface area (Å²) in [5, 5.41) is 2.10. The first-order valence-electron chi connectivity index (χ1n) is 11.5. The van der Waals surface area contributed by atoms with E-state index in [0.29, 0.717) is 0 Å². The minimum absolute atomic E-state index is 0.0418. The molecule has 0 heterocycles. The zero-order chi connectivity index (χ0) is 22.9. The molecule has 2 nitrogen and oxygen atoms in total. The lowest BCUT2D eigenvalue weighted by Crippen LogP contribution is -2.55.